The number of nitrogens with one attached hydrogen (secondary N) is 1. The van der Waals surface area contributed by atoms with E-state index in [4.69, 9.17) is 16.3 Å². The molecule has 0 aliphatic carbocycles. The van der Waals surface area contributed by atoms with Gasteiger partial charge in [0.25, 0.3) is 5.91 Å². The molecule has 2 aromatic rings. The number of hydrogen-bond donors (Lipinski definition) is 1. The maximum absolute atomic E-state index is 12.3. The van der Waals surface area contributed by atoms with Gasteiger partial charge in [-0.2, -0.15) is 0 Å². The van der Waals surface area contributed by atoms with Crippen molar-refractivity contribution < 1.29 is 9.53 Å². The predicted octanol–water partition coefficient (Wildman–Crippen LogP) is 4.67. The van der Waals surface area contributed by atoms with Crippen LogP contribution in [0.3, 0.4) is 0 Å². The van der Waals surface area contributed by atoms with E-state index in [1.165, 1.54) is 0 Å². The molecular formula is C18H20ClNO2. The highest BCUT2D eigenvalue weighted by Gasteiger charge is 2.17. The van der Waals surface area contributed by atoms with Crippen LogP contribution < -0.4 is 10.1 Å². The lowest BCUT2D eigenvalue weighted by Gasteiger charge is -2.18. The number of hydrogen-bond acceptors (Lipinski definition) is 2. The van der Waals surface area contributed by atoms with Crippen LogP contribution in [0.1, 0.15) is 23.6 Å². The van der Waals surface area contributed by atoms with Crippen LogP contribution in [0, 0.1) is 20.8 Å². The summed E-state index contributed by atoms with van der Waals surface area (Å²) in [6, 6.07) is 11.2. The molecule has 1 atom stereocenters. The van der Waals surface area contributed by atoms with Crippen molar-refractivity contribution in [3.63, 3.8) is 0 Å². The zero-order chi connectivity index (χ0) is 16.3. The van der Waals surface area contributed by atoms with Crippen LogP contribution in [0.25, 0.3) is 0 Å². The van der Waals surface area contributed by atoms with Crippen LogP contribution in [0.15, 0.2) is 36.4 Å². The first kappa shape index (κ1) is 16.4. The van der Waals surface area contributed by atoms with Gasteiger partial charge in [-0.25, -0.2) is 0 Å². The first-order valence-corrected chi connectivity index (χ1v) is 7.56. The fraction of sp³-hybridized carbons (Fsp3) is 0.278. The van der Waals surface area contributed by atoms with Gasteiger partial charge in [0, 0.05) is 10.7 Å². The van der Waals surface area contributed by atoms with Crippen molar-refractivity contribution in [3.05, 3.63) is 58.1 Å². The van der Waals surface area contributed by atoms with Crippen LogP contribution in [-0.4, -0.2) is 12.0 Å². The number of carbonyl (C=O) groups excluding carboxylic acids is 1. The Bertz CT molecular complexity index is 677. The second-order valence-electron chi connectivity index (χ2n) is 5.43. The van der Waals surface area contributed by atoms with Crippen LogP contribution in [-0.2, 0) is 4.79 Å². The Labute approximate surface area is 136 Å². The fourth-order valence-corrected chi connectivity index (χ4v) is 2.45. The molecule has 1 amide bonds. The minimum Gasteiger partial charge on any atom is -0.481 e. The van der Waals surface area contributed by atoms with Gasteiger partial charge in [0.05, 0.1) is 0 Å². The number of aryl methyl sites for hydroxylation is 3. The van der Waals surface area contributed by atoms with E-state index in [1.54, 1.807) is 19.1 Å². The first-order valence-electron chi connectivity index (χ1n) is 7.18. The van der Waals surface area contributed by atoms with Gasteiger partial charge in [0.15, 0.2) is 6.10 Å². The average Bonchev–Trinajstić information content (AvgIpc) is 2.45. The summed E-state index contributed by atoms with van der Waals surface area (Å²) in [5, 5.41) is 3.59. The van der Waals surface area contributed by atoms with Gasteiger partial charge < -0.3 is 10.1 Å². The summed E-state index contributed by atoms with van der Waals surface area (Å²) in [5.74, 6) is 0.486. The highest BCUT2D eigenvalue weighted by molar-refractivity contribution is 6.30. The maximum atomic E-state index is 12.3. The van der Waals surface area contributed by atoms with E-state index in [-0.39, 0.29) is 5.91 Å². The third-order valence-electron chi connectivity index (χ3n) is 3.54. The van der Waals surface area contributed by atoms with E-state index >= 15 is 0 Å². The summed E-state index contributed by atoms with van der Waals surface area (Å²) in [5.41, 5.74) is 3.81. The Morgan fingerprint density at radius 1 is 1.09 bits per heavy atom. The molecule has 3 nitrogen and oxygen atoms in total. The average molecular weight is 318 g/mol. The molecule has 1 N–H and O–H groups in total. The SMILES string of the molecule is Cc1cc(Cl)ccc1O[C@H](C)C(=O)Nc1c(C)cccc1C. The largest absolute Gasteiger partial charge is 0.481 e. The van der Waals surface area contributed by atoms with Crippen LogP contribution in [0.2, 0.25) is 5.02 Å². The van der Waals surface area contributed by atoms with Gasteiger partial charge in [-0.15, -0.1) is 0 Å². The van der Waals surface area contributed by atoms with E-state index in [0.717, 1.165) is 22.4 Å². The molecule has 116 valence electrons. The molecule has 0 aliphatic rings. The number of anilines is 1. The van der Waals surface area contributed by atoms with E-state index in [2.05, 4.69) is 5.32 Å². The first-order chi connectivity index (χ1) is 10.4. The van der Waals surface area contributed by atoms with E-state index in [0.29, 0.717) is 10.8 Å². The summed E-state index contributed by atoms with van der Waals surface area (Å²) in [6.45, 7) is 7.57. The zero-order valence-electron chi connectivity index (χ0n) is 13.2. The van der Waals surface area contributed by atoms with Crippen molar-refractivity contribution in [1.82, 2.24) is 0 Å². The van der Waals surface area contributed by atoms with Crippen LogP contribution in [0.5, 0.6) is 5.75 Å². The Hall–Kier alpha value is -2.00. The standard InChI is InChI=1S/C18H20ClNO2/c1-11-6-5-7-12(2)17(11)20-18(21)14(4)22-16-9-8-15(19)10-13(16)3/h5-10,14H,1-4H3,(H,20,21)/t14-/m1/s1. The molecule has 0 bridgehead atoms. The fourth-order valence-electron chi connectivity index (χ4n) is 2.23. The normalized spacial score (nSPS) is 11.9. The Balaban J connectivity index is 2.09. The monoisotopic (exact) mass is 317 g/mol. The molecule has 0 aromatic heterocycles. The molecule has 0 saturated carbocycles. The molecule has 0 radical (unpaired) electrons. The summed E-state index contributed by atoms with van der Waals surface area (Å²) >= 11 is 5.92. The van der Waals surface area contributed by atoms with E-state index in [9.17, 15) is 4.79 Å². The molecule has 4 heteroatoms. The lowest BCUT2D eigenvalue weighted by atomic mass is 10.1. The van der Waals surface area contributed by atoms with Crippen LogP contribution >= 0.6 is 11.6 Å². The molecule has 0 saturated heterocycles. The van der Waals surface area contributed by atoms with Gasteiger partial charge in [0.1, 0.15) is 5.75 Å². The summed E-state index contributed by atoms with van der Waals surface area (Å²) in [7, 11) is 0. The number of ether oxygens (including phenoxy) is 1. The Morgan fingerprint density at radius 2 is 1.73 bits per heavy atom. The number of rotatable bonds is 4. The van der Waals surface area contributed by atoms with Crippen LogP contribution in [0.4, 0.5) is 5.69 Å². The second kappa shape index (κ2) is 6.84. The molecule has 0 spiro atoms. The highest BCUT2D eigenvalue weighted by atomic mass is 35.5. The number of benzene rings is 2. The lowest BCUT2D eigenvalue weighted by Crippen LogP contribution is -2.30. The number of amides is 1. The Kier molecular flexibility index (Phi) is 5.09. The van der Waals surface area contributed by atoms with Crippen molar-refractivity contribution in [2.45, 2.75) is 33.8 Å². The summed E-state index contributed by atoms with van der Waals surface area (Å²) in [4.78, 5) is 12.3. The van der Waals surface area contributed by atoms with Gasteiger partial charge in [-0.05, 0) is 62.6 Å². The van der Waals surface area contributed by atoms with Crippen molar-refractivity contribution in [2.24, 2.45) is 0 Å². The maximum Gasteiger partial charge on any atom is 0.265 e. The summed E-state index contributed by atoms with van der Waals surface area (Å²) < 4.78 is 5.74. The van der Waals surface area contributed by atoms with Crippen molar-refractivity contribution in [1.29, 1.82) is 0 Å². The minimum absolute atomic E-state index is 0.174. The smallest absolute Gasteiger partial charge is 0.265 e. The molecule has 0 heterocycles. The van der Waals surface area contributed by atoms with Gasteiger partial charge in [0.2, 0.25) is 0 Å². The number of carbonyl (C=O) groups is 1. The quantitative estimate of drug-likeness (QED) is 0.889. The van der Waals surface area contributed by atoms with Crippen molar-refractivity contribution >= 4 is 23.2 Å². The number of para-hydroxylation sites is 1. The minimum atomic E-state index is -0.598. The molecular weight excluding hydrogens is 298 g/mol. The van der Waals surface area contributed by atoms with Gasteiger partial charge >= 0.3 is 0 Å². The zero-order valence-corrected chi connectivity index (χ0v) is 14.0. The number of halogens is 1. The molecule has 2 rings (SSSR count). The highest BCUT2D eigenvalue weighted by Crippen LogP contribution is 2.24. The summed E-state index contributed by atoms with van der Waals surface area (Å²) in [6.07, 6.45) is -0.598. The van der Waals surface area contributed by atoms with Crippen molar-refractivity contribution in [3.8, 4) is 5.75 Å². The van der Waals surface area contributed by atoms with Crippen molar-refractivity contribution in [2.75, 3.05) is 5.32 Å². The lowest BCUT2D eigenvalue weighted by molar-refractivity contribution is -0.122. The van der Waals surface area contributed by atoms with E-state index in [1.807, 2.05) is 45.0 Å². The van der Waals surface area contributed by atoms with Gasteiger partial charge in [-0.3, -0.25) is 4.79 Å². The third-order valence-corrected chi connectivity index (χ3v) is 3.77. The van der Waals surface area contributed by atoms with E-state index < -0.39 is 6.10 Å². The molecule has 0 aliphatic heterocycles. The second-order valence-corrected chi connectivity index (χ2v) is 5.86. The molecule has 2 aromatic carbocycles. The molecule has 0 unspecified atom stereocenters. The predicted molar refractivity (Wildman–Crippen MR) is 90.8 cm³/mol. The Morgan fingerprint density at radius 3 is 2.32 bits per heavy atom. The van der Waals surface area contributed by atoms with Gasteiger partial charge in [-0.1, -0.05) is 29.8 Å². The third kappa shape index (κ3) is 3.80. The molecule has 22 heavy (non-hydrogen) atoms. The topological polar surface area (TPSA) is 38.3 Å². The molecule has 0 fully saturated rings.